The van der Waals surface area contributed by atoms with Crippen molar-refractivity contribution in [1.82, 2.24) is 4.90 Å². The largest absolute Gasteiger partial charge is 0.448 e. The lowest BCUT2D eigenvalue weighted by molar-refractivity contribution is 0.0539. The molecule has 6 rings (SSSR count). The van der Waals surface area contributed by atoms with E-state index in [1.165, 1.54) is 34.4 Å². The molecule has 1 amide bonds. The molecule has 2 unspecified atom stereocenters. The molecule has 2 aliphatic heterocycles. The maximum atomic E-state index is 14.2. The van der Waals surface area contributed by atoms with E-state index in [2.05, 4.69) is 30.3 Å². The molecule has 174 valence electrons. The summed E-state index contributed by atoms with van der Waals surface area (Å²) in [7, 11) is 0. The standard InChI is InChI=1S/C30H25FN2O2/c31-29-16-19(12-13-20(29)17-32)21-14-22-6-5-7-23(15-21)33(22)30(34)35-18-28-26-10-3-1-8-24(26)25-9-2-4-11-27(25)28/h1-4,8-14,16,22-23,28H,5-7,15,18H2. The molecule has 0 spiro atoms. The third kappa shape index (κ3) is 3.70. The van der Waals surface area contributed by atoms with Crippen LogP contribution in [0.5, 0.6) is 0 Å². The Labute approximate surface area is 204 Å². The monoisotopic (exact) mass is 464 g/mol. The molecule has 5 heteroatoms. The molecule has 1 fully saturated rings. The van der Waals surface area contributed by atoms with Crippen LogP contribution >= 0.6 is 0 Å². The zero-order chi connectivity index (χ0) is 23.9. The first kappa shape index (κ1) is 21.6. The second-order valence-corrected chi connectivity index (χ2v) is 9.57. The molecule has 0 aromatic heterocycles. The van der Waals surface area contributed by atoms with Crippen LogP contribution in [0.4, 0.5) is 9.18 Å². The Balaban J connectivity index is 1.22. The number of benzene rings is 3. The summed E-state index contributed by atoms with van der Waals surface area (Å²) in [6.07, 6.45) is 5.28. The molecule has 0 saturated carbocycles. The Bertz CT molecular complexity index is 1340. The van der Waals surface area contributed by atoms with Gasteiger partial charge < -0.3 is 4.74 Å². The normalized spacial score (nSPS) is 20.5. The molecule has 1 saturated heterocycles. The van der Waals surface area contributed by atoms with Crippen LogP contribution < -0.4 is 0 Å². The number of rotatable bonds is 3. The van der Waals surface area contributed by atoms with Crippen LogP contribution in [0.2, 0.25) is 0 Å². The first-order valence-electron chi connectivity index (χ1n) is 12.2. The first-order valence-corrected chi connectivity index (χ1v) is 12.2. The van der Waals surface area contributed by atoms with Gasteiger partial charge in [-0.3, -0.25) is 4.90 Å². The van der Waals surface area contributed by atoms with Crippen molar-refractivity contribution < 1.29 is 13.9 Å². The van der Waals surface area contributed by atoms with Crippen LogP contribution in [0.1, 0.15) is 53.9 Å². The summed E-state index contributed by atoms with van der Waals surface area (Å²) in [5.74, 6) is -0.473. The third-order valence-electron chi connectivity index (χ3n) is 7.64. The molecule has 1 aliphatic carbocycles. The number of halogens is 1. The number of hydrogen-bond donors (Lipinski definition) is 0. The Kier molecular flexibility index (Phi) is 5.37. The zero-order valence-electron chi connectivity index (χ0n) is 19.3. The van der Waals surface area contributed by atoms with E-state index in [-0.39, 0.29) is 29.7 Å². The van der Waals surface area contributed by atoms with Gasteiger partial charge in [0.1, 0.15) is 18.5 Å². The van der Waals surface area contributed by atoms with E-state index in [1.807, 2.05) is 35.2 Å². The number of carbonyl (C=O) groups excluding carboxylic acids is 1. The second-order valence-electron chi connectivity index (χ2n) is 9.57. The van der Waals surface area contributed by atoms with Crippen molar-refractivity contribution in [2.75, 3.05) is 6.61 Å². The third-order valence-corrected chi connectivity index (χ3v) is 7.64. The molecule has 2 bridgehead atoms. The number of carbonyl (C=O) groups is 1. The minimum absolute atomic E-state index is 0.0307. The molecule has 4 nitrogen and oxygen atoms in total. The molecule has 0 N–H and O–H groups in total. The van der Waals surface area contributed by atoms with E-state index < -0.39 is 5.82 Å². The van der Waals surface area contributed by atoms with Crippen LogP contribution in [0.3, 0.4) is 0 Å². The molecule has 2 heterocycles. The van der Waals surface area contributed by atoms with Crippen LogP contribution in [0.15, 0.2) is 72.8 Å². The molecule has 2 atom stereocenters. The van der Waals surface area contributed by atoms with Crippen molar-refractivity contribution in [1.29, 1.82) is 5.26 Å². The number of piperidine rings is 1. The van der Waals surface area contributed by atoms with Gasteiger partial charge in [0, 0.05) is 12.0 Å². The quantitative estimate of drug-likeness (QED) is 0.436. The van der Waals surface area contributed by atoms with Gasteiger partial charge >= 0.3 is 6.09 Å². The maximum Gasteiger partial charge on any atom is 0.410 e. The lowest BCUT2D eigenvalue weighted by atomic mass is 9.83. The van der Waals surface area contributed by atoms with E-state index in [1.54, 1.807) is 6.07 Å². The van der Waals surface area contributed by atoms with Gasteiger partial charge in [-0.05, 0) is 71.2 Å². The molecule has 35 heavy (non-hydrogen) atoms. The molecule has 3 aromatic carbocycles. The van der Waals surface area contributed by atoms with E-state index in [0.29, 0.717) is 13.0 Å². The minimum atomic E-state index is -0.505. The zero-order valence-corrected chi connectivity index (χ0v) is 19.3. The maximum absolute atomic E-state index is 14.2. The van der Waals surface area contributed by atoms with Crippen molar-refractivity contribution in [3.05, 3.63) is 101 Å². The Morgan fingerprint density at radius 2 is 1.74 bits per heavy atom. The van der Waals surface area contributed by atoms with Crippen LogP contribution in [0, 0.1) is 17.1 Å². The number of nitriles is 1. The molecule has 3 aliphatic rings. The highest BCUT2D eigenvalue weighted by Gasteiger charge is 2.39. The predicted octanol–water partition coefficient (Wildman–Crippen LogP) is 6.66. The summed E-state index contributed by atoms with van der Waals surface area (Å²) in [4.78, 5) is 15.2. The van der Waals surface area contributed by atoms with Gasteiger partial charge in [-0.15, -0.1) is 0 Å². The number of hydrogen-bond acceptors (Lipinski definition) is 3. The van der Waals surface area contributed by atoms with Crippen molar-refractivity contribution in [2.45, 2.75) is 43.7 Å². The van der Waals surface area contributed by atoms with Gasteiger partial charge in [-0.2, -0.15) is 5.26 Å². The summed E-state index contributed by atoms with van der Waals surface area (Å²) in [6.45, 7) is 0.306. The molecular formula is C30H25FN2O2. The summed E-state index contributed by atoms with van der Waals surface area (Å²) < 4.78 is 20.2. The summed E-state index contributed by atoms with van der Waals surface area (Å²) in [6, 6.07) is 23.3. The van der Waals surface area contributed by atoms with Gasteiger partial charge in [0.05, 0.1) is 11.6 Å². The lowest BCUT2D eigenvalue weighted by Gasteiger charge is -2.44. The molecular weight excluding hydrogens is 439 g/mol. The highest BCUT2D eigenvalue weighted by molar-refractivity contribution is 5.79. The predicted molar refractivity (Wildman–Crippen MR) is 132 cm³/mol. The van der Waals surface area contributed by atoms with Crippen molar-refractivity contribution in [2.24, 2.45) is 0 Å². The topological polar surface area (TPSA) is 53.3 Å². The first-order chi connectivity index (χ1) is 17.1. The van der Waals surface area contributed by atoms with Gasteiger partial charge in [0.25, 0.3) is 0 Å². The SMILES string of the molecule is N#Cc1ccc(C2=CC3CCCC(C2)N3C(=O)OCC2c3ccccc3-c3ccccc32)cc1F. The van der Waals surface area contributed by atoms with Crippen LogP contribution in [-0.2, 0) is 4.74 Å². The summed E-state index contributed by atoms with van der Waals surface area (Å²) in [5.41, 5.74) is 6.68. The number of ether oxygens (including phenoxy) is 1. The van der Waals surface area contributed by atoms with Crippen molar-refractivity contribution in [3.8, 4) is 17.2 Å². The second kappa shape index (κ2) is 8.70. The lowest BCUT2D eigenvalue weighted by Crippen LogP contribution is -2.51. The average Bonchev–Trinajstić information content (AvgIpc) is 3.20. The highest BCUT2D eigenvalue weighted by Crippen LogP contribution is 2.45. The van der Waals surface area contributed by atoms with E-state index >= 15 is 0 Å². The van der Waals surface area contributed by atoms with E-state index in [9.17, 15) is 9.18 Å². The fraction of sp³-hybridized carbons (Fsp3) is 0.267. The van der Waals surface area contributed by atoms with Crippen molar-refractivity contribution >= 4 is 11.7 Å². The van der Waals surface area contributed by atoms with Crippen molar-refractivity contribution in [3.63, 3.8) is 0 Å². The fourth-order valence-electron chi connectivity index (χ4n) is 6.00. The van der Waals surface area contributed by atoms with Crippen LogP contribution in [0.25, 0.3) is 16.7 Å². The van der Waals surface area contributed by atoms with E-state index in [4.69, 9.17) is 10.00 Å². The van der Waals surface area contributed by atoms with Gasteiger partial charge in [0.15, 0.2) is 0 Å². The smallest absolute Gasteiger partial charge is 0.410 e. The summed E-state index contributed by atoms with van der Waals surface area (Å²) >= 11 is 0. The minimum Gasteiger partial charge on any atom is -0.448 e. The fourth-order valence-corrected chi connectivity index (χ4v) is 6.00. The van der Waals surface area contributed by atoms with Gasteiger partial charge in [-0.1, -0.05) is 60.7 Å². The van der Waals surface area contributed by atoms with E-state index in [0.717, 1.165) is 30.4 Å². The number of amides is 1. The Morgan fingerprint density at radius 1 is 1.03 bits per heavy atom. The van der Waals surface area contributed by atoms with Gasteiger partial charge in [-0.25, -0.2) is 9.18 Å². The van der Waals surface area contributed by atoms with Crippen LogP contribution in [-0.4, -0.2) is 29.7 Å². The van der Waals surface area contributed by atoms with Gasteiger partial charge in [0.2, 0.25) is 0 Å². The highest BCUT2D eigenvalue weighted by atomic mass is 19.1. The average molecular weight is 465 g/mol. The summed E-state index contributed by atoms with van der Waals surface area (Å²) in [5, 5.41) is 9.02. The molecule has 3 aromatic rings. The Morgan fingerprint density at radius 3 is 2.40 bits per heavy atom. The number of nitrogens with zero attached hydrogens (tertiary/aromatic N) is 2. The Hall–Kier alpha value is -3.91. The molecule has 0 radical (unpaired) electrons. The number of fused-ring (bicyclic) bond motifs is 5.